The highest BCUT2D eigenvalue weighted by Crippen LogP contribution is 1.84. The molecule has 0 spiro atoms. The molecule has 0 saturated carbocycles. The number of carbonyl (C=O) groups excluding carboxylic acids is 1. The molecule has 1 unspecified atom stereocenters. The van der Waals surface area contributed by atoms with Crippen molar-refractivity contribution in [2.45, 2.75) is 6.92 Å². The van der Waals surface area contributed by atoms with Crippen molar-refractivity contribution in [3.05, 3.63) is 0 Å². The Balaban J connectivity index is 2.97. The van der Waals surface area contributed by atoms with E-state index in [0.29, 0.717) is 19.0 Å². The van der Waals surface area contributed by atoms with Gasteiger partial charge >= 0.3 is 6.41 Å². The van der Waals surface area contributed by atoms with E-state index in [9.17, 15) is 4.79 Å². The van der Waals surface area contributed by atoms with Crippen molar-refractivity contribution >= 4 is 6.41 Å². The van der Waals surface area contributed by atoms with E-state index in [2.05, 4.69) is 5.32 Å². The molecule has 0 fully saturated rings. The number of rotatable bonds is 4. The maximum Gasteiger partial charge on any atom is 0.309 e. The Bertz CT molecular complexity index is 65.4. The molecule has 1 radical (unpaired) electrons. The summed E-state index contributed by atoms with van der Waals surface area (Å²) in [6, 6.07) is 0. The first-order valence-electron chi connectivity index (χ1n) is 2.61. The van der Waals surface area contributed by atoms with E-state index in [0.717, 1.165) is 0 Å². The molecule has 0 aliphatic heterocycles. The first-order valence-corrected chi connectivity index (χ1v) is 2.61. The molecular formula is C5H11N2O. The van der Waals surface area contributed by atoms with Crippen molar-refractivity contribution in [3.8, 4) is 0 Å². The molecule has 0 heterocycles. The second-order valence-electron chi connectivity index (χ2n) is 1.82. The van der Waals surface area contributed by atoms with Gasteiger partial charge in [0.1, 0.15) is 0 Å². The molecule has 47 valence electrons. The predicted molar refractivity (Wildman–Crippen MR) is 31.9 cm³/mol. The average Bonchev–Trinajstić information content (AvgIpc) is 1.83. The van der Waals surface area contributed by atoms with Crippen LogP contribution in [-0.4, -0.2) is 19.5 Å². The molecule has 0 rings (SSSR count). The Morgan fingerprint density at radius 3 is 2.88 bits per heavy atom. The standard InChI is InChI=1S/C5H11N2O/c1-5(2-6)3-7-4-8/h5H,2-3,6H2,1H3,(H,7,8). The summed E-state index contributed by atoms with van der Waals surface area (Å²) in [5.74, 6) is 0.358. The summed E-state index contributed by atoms with van der Waals surface area (Å²) in [4.78, 5) is 9.55. The van der Waals surface area contributed by atoms with Crippen LogP contribution in [0.1, 0.15) is 6.92 Å². The number of hydrogen-bond donors (Lipinski definition) is 2. The number of nitrogens with two attached hydrogens (primary N) is 1. The highest BCUT2D eigenvalue weighted by atomic mass is 16.1. The van der Waals surface area contributed by atoms with Crippen LogP contribution in [0.5, 0.6) is 0 Å². The van der Waals surface area contributed by atoms with Gasteiger partial charge in [-0.15, -0.1) is 0 Å². The molecule has 0 aliphatic rings. The first kappa shape index (κ1) is 7.43. The molecule has 0 saturated heterocycles. The lowest BCUT2D eigenvalue weighted by molar-refractivity contribution is 0.518. The van der Waals surface area contributed by atoms with Crippen molar-refractivity contribution in [2.24, 2.45) is 11.7 Å². The second kappa shape index (κ2) is 4.59. The van der Waals surface area contributed by atoms with Gasteiger partial charge in [-0.3, -0.25) is 4.79 Å². The van der Waals surface area contributed by atoms with Crippen LogP contribution in [0.25, 0.3) is 0 Å². The molecule has 0 bridgehead atoms. The van der Waals surface area contributed by atoms with E-state index in [4.69, 9.17) is 5.73 Å². The topological polar surface area (TPSA) is 55.1 Å². The van der Waals surface area contributed by atoms with Gasteiger partial charge in [-0.25, -0.2) is 0 Å². The summed E-state index contributed by atoms with van der Waals surface area (Å²) in [5, 5.41) is 2.41. The van der Waals surface area contributed by atoms with E-state index in [1.165, 1.54) is 0 Å². The zero-order valence-electron chi connectivity index (χ0n) is 4.98. The van der Waals surface area contributed by atoms with Crippen LogP contribution in [0.2, 0.25) is 0 Å². The number of amides is 1. The maximum atomic E-state index is 9.55. The normalized spacial score (nSPS) is 12.8. The van der Waals surface area contributed by atoms with Crippen LogP contribution in [0.4, 0.5) is 0 Å². The van der Waals surface area contributed by atoms with E-state index < -0.39 is 0 Å². The molecule has 8 heavy (non-hydrogen) atoms. The van der Waals surface area contributed by atoms with E-state index in [-0.39, 0.29) is 0 Å². The summed E-state index contributed by atoms with van der Waals surface area (Å²) >= 11 is 0. The van der Waals surface area contributed by atoms with E-state index in [1.54, 1.807) is 6.41 Å². The minimum Gasteiger partial charge on any atom is -0.348 e. The fraction of sp³-hybridized carbons (Fsp3) is 0.800. The average molecular weight is 115 g/mol. The highest BCUT2D eigenvalue weighted by molar-refractivity contribution is 5.46. The maximum absolute atomic E-state index is 9.55. The van der Waals surface area contributed by atoms with Gasteiger partial charge in [-0.05, 0) is 12.5 Å². The van der Waals surface area contributed by atoms with Crippen molar-refractivity contribution in [1.29, 1.82) is 0 Å². The predicted octanol–water partition coefficient (Wildman–Crippen LogP) is -0.762. The van der Waals surface area contributed by atoms with Crippen molar-refractivity contribution in [3.63, 3.8) is 0 Å². The Morgan fingerprint density at radius 2 is 2.50 bits per heavy atom. The third kappa shape index (κ3) is 3.61. The van der Waals surface area contributed by atoms with Crippen LogP contribution in [0, 0.1) is 5.92 Å². The van der Waals surface area contributed by atoms with Gasteiger partial charge in [-0.2, -0.15) is 0 Å². The number of hydrogen-bond acceptors (Lipinski definition) is 2. The first-order chi connectivity index (χ1) is 3.81. The van der Waals surface area contributed by atoms with Crippen LogP contribution >= 0.6 is 0 Å². The highest BCUT2D eigenvalue weighted by Gasteiger charge is 1.94. The van der Waals surface area contributed by atoms with Crippen molar-refractivity contribution in [1.82, 2.24) is 5.32 Å². The van der Waals surface area contributed by atoms with E-state index in [1.807, 2.05) is 6.92 Å². The molecule has 3 N–H and O–H groups in total. The summed E-state index contributed by atoms with van der Waals surface area (Å²) < 4.78 is 0. The third-order valence-corrected chi connectivity index (χ3v) is 0.925. The largest absolute Gasteiger partial charge is 0.348 e. The van der Waals surface area contributed by atoms with Gasteiger partial charge in [0.25, 0.3) is 0 Å². The molecule has 1 amide bonds. The smallest absolute Gasteiger partial charge is 0.309 e. The Hall–Kier alpha value is -0.570. The molecule has 0 aromatic heterocycles. The quantitative estimate of drug-likeness (QED) is 0.473. The fourth-order valence-electron chi connectivity index (χ4n) is 0.299. The van der Waals surface area contributed by atoms with Gasteiger partial charge in [0.05, 0.1) is 0 Å². The van der Waals surface area contributed by atoms with Gasteiger partial charge in [0.15, 0.2) is 0 Å². The minimum absolute atomic E-state index is 0.358. The SMILES string of the molecule is CC(CN)CN[C]=O. The van der Waals surface area contributed by atoms with Crippen molar-refractivity contribution in [2.75, 3.05) is 13.1 Å². The zero-order valence-corrected chi connectivity index (χ0v) is 4.98. The van der Waals surface area contributed by atoms with Crippen LogP contribution in [-0.2, 0) is 4.79 Å². The van der Waals surface area contributed by atoms with Crippen LogP contribution < -0.4 is 11.1 Å². The molecule has 0 aromatic rings. The minimum atomic E-state index is 0.358. The van der Waals surface area contributed by atoms with Crippen molar-refractivity contribution < 1.29 is 4.79 Å². The molecule has 0 aliphatic carbocycles. The molecule has 0 aromatic carbocycles. The lowest BCUT2D eigenvalue weighted by Crippen LogP contribution is -2.24. The van der Waals surface area contributed by atoms with Crippen LogP contribution in [0.3, 0.4) is 0 Å². The number of nitrogens with one attached hydrogen (secondary N) is 1. The third-order valence-electron chi connectivity index (χ3n) is 0.925. The second-order valence-corrected chi connectivity index (χ2v) is 1.82. The zero-order chi connectivity index (χ0) is 6.41. The van der Waals surface area contributed by atoms with Gasteiger partial charge in [0, 0.05) is 6.54 Å². The monoisotopic (exact) mass is 115 g/mol. The van der Waals surface area contributed by atoms with Gasteiger partial charge in [-0.1, -0.05) is 6.92 Å². The lowest BCUT2D eigenvalue weighted by Gasteiger charge is -2.03. The molecular weight excluding hydrogens is 104 g/mol. The Labute approximate surface area is 49.3 Å². The van der Waals surface area contributed by atoms with Gasteiger partial charge in [0.2, 0.25) is 0 Å². The van der Waals surface area contributed by atoms with E-state index >= 15 is 0 Å². The summed E-state index contributed by atoms with van der Waals surface area (Å²) in [5.41, 5.74) is 5.24. The Kier molecular flexibility index (Phi) is 4.26. The van der Waals surface area contributed by atoms with Gasteiger partial charge < -0.3 is 11.1 Å². The molecule has 3 nitrogen and oxygen atoms in total. The summed E-state index contributed by atoms with van der Waals surface area (Å²) in [6.45, 7) is 3.19. The molecule has 3 heteroatoms. The van der Waals surface area contributed by atoms with Crippen LogP contribution in [0.15, 0.2) is 0 Å². The summed E-state index contributed by atoms with van der Waals surface area (Å²) in [7, 11) is 0. The Morgan fingerprint density at radius 1 is 1.88 bits per heavy atom. The fourth-order valence-corrected chi connectivity index (χ4v) is 0.299. The molecule has 1 atom stereocenters. The summed E-state index contributed by atoms with van der Waals surface area (Å²) in [6.07, 6.45) is 1.58. The lowest BCUT2D eigenvalue weighted by atomic mass is 10.2.